The Kier molecular flexibility index (Phi) is 5.37. The predicted octanol–water partition coefficient (Wildman–Crippen LogP) is 3.87. The van der Waals surface area contributed by atoms with Crippen LogP contribution in [0.3, 0.4) is 0 Å². The molecule has 2 heteroatoms. The van der Waals surface area contributed by atoms with Crippen molar-refractivity contribution in [3.05, 3.63) is 66.1 Å². The fourth-order valence-corrected chi connectivity index (χ4v) is 2.12. The lowest BCUT2D eigenvalue weighted by atomic mass is 10.0. The molecule has 2 nitrogen and oxygen atoms in total. The Morgan fingerprint density at radius 3 is 2.63 bits per heavy atom. The van der Waals surface area contributed by atoms with Gasteiger partial charge in [-0.3, -0.25) is 0 Å². The average Bonchev–Trinajstić information content (AvgIpc) is 2.49. The van der Waals surface area contributed by atoms with Gasteiger partial charge < -0.3 is 9.47 Å². The Hall–Kier alpha value is -1.38. The molecule has 2 atom stereocenters. The van der Waals surface area contributed by atoms with Crippen molar-refractivity contribution in [3.8, 4) is 0 Å². The van der Waals surface area contributed by atoms with Crippen LogP contribution in [0, 0.1) is 6.42 Å². The molecule has 2 rings (SSSR count). The first-order valence-electron chi connectivity index (χ1n) is 6.69. The van der Waals surface area contributed by atoms with Crippen LogP contribution in [0.4, 0.5) is 0 Å². The summed E-state index contributed by atoms with van der Waals surface area (Å²) < 4.78 is 11.5. The molecule has 101 valence electrons. The van der Waals surface area contributed by atoms with Crippen LogP contribution < -0.4 is 0 Å². The van der Waals surface area contributed by atoms with E-state index in [-0.39, 0.29) is 12.2 Å². The Balaban J connectivity index is 2.02. The van der Waals surface area contributed by atoms with Crippen LogP contribution in [-0.2, 0) is 9.47 Å². The fourth-order valence-electron chi connectivity index (χ4n) is 2.12. The van der Waals surface area contributed by atoms with Crippen LogP contribution in [-0.4, -0.2) is 19.8 Å². The molecule has 1 aromatic carbocycles. The zero-order valence-electron chi connectivity index (χ0n) is 11.6. The van der Waals surface area contributed by atoms with Gasteiger partial charge in [-0.05, 0) is 30.9 Å². The topological polar surface area (TPSA) is 18.5 Å². The largest absolute Gasteiger partial charge is 0.379 e. The van der Waals surface area contributed by atoms with Crippen LogP contribution in [0.25, 0.3) is 0 Å². The summed E-state index contributed by atoms with van der Waals surface area (Å²) in [4.78, 5) is 0. The van der Waals surface area contributed by atoms with E-state index in [9.17, 15) is 0 Å². The van der Waals surface area contributed by atoms with Crippen molar-refractivity contribution in [3.63, 3.8) is 0 Å². The van der Waals surface area contributed by atoms with Crippen molar-refractivity contribution < 1.29 is 9.47 Å². The molecule has 0 amide bonds. The summed E-state index contributed by atoms with van der Waals surface area (Å²) in [6.45, 7) is 2.66. The Morgan fingerprint density at radius 2 is 2.00 bits per heavy atom. The molecule has 0 aromatic heterocycles. The molecule has 19 heavy (non-hydrogen) atoms. The van der Waals surface area contributed by atoms with E-state index in [0.29, 0.717) is 6.61 Å². The van der Waals surface area contributed by atoms with Gasteiger partial charge in [-0.2, -0.15) is 0 Å². The number of benzene rings is 1. The number of rotatable bonds is 6. The van der Waals surface area contributed by atoms with Crippen molar-refractivity contribution in [1.29, 1.82) is 0 Å². The molecule has 1 aliphatic rings. The Bertz CT molecular complexity index is 434. The normalized spacial score (nSPS) is 17.9. The molecule has 0 N–H and O–H groups in total. The van der Waals surface area contributed by atoms with E-state index in [1.54, 1.807) is 7.11 Å². The lowest BCUT2D eigenvalue weighted by molar-refractivity contribution is -0.0421. The molecule has 0 heterocycles. The van der Waals surface area contributed by atoms with Gasteiger partial charge in [0.2, 0.25) is 0 Å². The van der Waals surface area contributed by atoms with Gasteiger partial charge in [-0.25, -0.2) is 0 Å². The molecule has 1 radical (unpaired) electrons. The van der Waals surface area contributed by atoms with Crippen molar-refractivity contribution in [2.45, 2.75) is 25.6 Å². The third-order valence-electron chi connectivity index (χ3n) is 3.32. The highest BCUT2D eigenvalue weighted by Crippen LogP contribution is 2.24. The Labute approximate surface area is 115 Å². The number of ether oxygens (including phenoxy) is 2. The molecule has 0 saturated carbocycles. The van der Waals surface area contributed by atoms with Gasteiger partial charge in [0.1, 0.15) is 6.10 Å². The molecule has 0 fully saturated rings. The highest BCUT2D eigenvalue weighted by molar-refractivity contribution is 5.27. The minimum atomic E-state index is -0.0357. The van der Waals surface area contributed by atoms with Crippen molar-refractivity contribution in [2.24, 2.45) is 0 Å². The van der Waals surface area contributed by atoms with Crippen LogP contribution in [0.15, 0.2) is 54.1 Å². The van der Waals surface area contributed by atoms with E-state index < -0.39 is 0 Å². The summed E-state index contributed by atoms with van der Waals surface area (Å²) in [5, 5.41) is 0. The predicted molar refractivity (Wildman–Crippen MR) is 77.7 cm³/mol. The first kappa shape index (κ1) is 14.0. The quantitative estimate of drug-likeness (QED) is 0.770. The molecular formula is C17H21O2. The number of hydrogen-bond donors (Lipinski definition) is 0. The zero-order chi connectivity index (χ0) is 13.5. The van der Waals surface area contributed by atoms with Gasteiger partial charge in [0.25, 0.3) is 0 Å². The molecule has 1 aromatic rings. The number of allylic oxidation sites excluding steroid dienone is 2. The highest BCUT2D eigenvalue weighted by Gasteiger charge is 2.19. The van der Waals surface area contributed by atoms with E-state index in [1.807, 2.05) is 25.1 Å². The standard InChI is InChI=1S/C17H21O2/c1-14(18-2)17(16-11-7-4-8-12-16)19-13-15-9-5-3-6-10-15/h3-5,7-12,14,17H,6,13H2,1-2H3. The second-order valence-corrected chi connectivity index (χ2v) is 4.69. The monoisotopic (exact) mass is 257 g/mol. The van der Waals surface area contributed by atoms with Crippen molar-refractivity contribution in [2.75, 3.05) is 13.7 Å². The summed E-state index contributed by atoms with van der Waals surface area (Å²) in [7, 11) is 1.72. The van der Waals surface area contributed by atoms with Gasteiger partial charge in [-0.1, -0.05) is 48.6 Å². The SMILES string of the molecule is COC(C)C(OCC1=CC[CH]C=C1)c1ccccc1. The van der Waals surface area contributed by atoms with Crippen LogP contribution in [0.1, 0.15) is 25.0 Å². The smallest absolute Gasteiger partial charge is 0.109 e. The van der Waals surface area contributed by atoms with Gasteiger partial charge in [0, 0.05) is 7.11 Å². The zero-order valence-corrected chi connectivity index (χ0v) is 11.6. The van der Waals surface area contributed by atoms with E-state index in [1.165, 1.54) is 5.57 Å². The summed E-state index contributed by atoms with van der Waals surface area (Å²) in [6, 6.07) is 10.2. The van der Waals surface area contributed by atoms with Gasteiger partial charge >= 0.3 is 0 Å². The van der Waals surface area contributed by atoms with Crippen LogP contribution >= 0.6 is 0 Å². The van der Waals surface area contributed by atoms with Crippen molar-refractivity contribution >= 4 is 0 Å². The maximum atomic E-state index is 6.06. The van der Waals surface area contributed by atoms with Crippen LogP contribution in [0.5, 0.6) is 0 Å². The lowest BCUT2D eigenvalue weighted by Gasteiger charge is -2.24. The van der Waals surface area contributed by atoms with Crippen molar-refractivity contribution in [1.82, 2.24) is 0 Å². The summed E-state index contributed by atoms with van der Waals surface area (Å²) >= 11 is 0. The fraction of sp³-hybridized carbons (Fsp3) is 0.353. The molecule has 0 spiro atoms. The highest BCUT2D eigenvalue weighted by atomic mass is 16.5. The number of hydrogen-bond acceptors (Lipinski definition) is 2. The molecule has 1 aliphatic carbocycles. The average molecular weight is 257 g/mol. The van der Waals surface area contributed by atoms with Gasteiger partial charge in [0.15, 0.2) is 0 Å². The third kappa shape index (κ3) is 4.05. The Morgan fingerprint density at radius 1 is 1.21 bits per heavy atom. The maximum absolute atomic E-state index is 6.06. The summed E-state index contributed by atoms with van der Waals surface area (Å²) in [5.74, 6) is 0. The molecule has 0 aliphatic heterocycles. The lowest BCUT2D eigenvalue weighted by Crippen LogP contribution is -2.21. The summed E-state index contributed by atoms with van der Waals surface area (Å²) in [5.41, 5.74) is 2.38. The second-order valence-electron chi connectivity index (χ2n) is 4.69. The van der Waals surface area contributed by atoms with E-state index in [2.05, 4.69) is 36.8 Å². The third-order valence-corrected chi connectivity index (χ3v) is 3.32. The molecule has 0 bridgehead atoms. The maximum Gasteiger partial charge on any atom is 0.109 e. The van der Waals surface area contributed by atoms with Crippen LogP contribution in [0.2, 0.25) is 0 Å². The minimum absolute atomic E-state index is 0.0298. The molecule has 0 saturated heterocycles. The van der Waals surface area contributed by atoms with Gasteiger partial charge in [-0.15, -0.1) is 0 Å². The first-order valence-corrected chi connectivity index (χ1v) is 6.69. The minimum Gasteiger partial charge on any atom is -0.379 e. The van der Waals surface area contributed by atoms with E-state index in [0.717, 1.165) is 12.0 Å². The first-order chi connectivity index (χ1) is 9.31. The summed E-state index contributed by atoms with van der Waals surface area (Å²) in [6.07, 6.45) is 9.49. The number of methoxy groups -OCH3 is 1. The second kappa shape index (κ2) is 7.27. The molecular weight excluding hydrogens is 236 g/mol. The van der Waals surface area contributed by atoms with E-state index >= 15 is 0 Å². The van der Waals surface area contributed by atoms with Gasteiger partial charge in [0.05, 0.1) is 12.7 Å². The van der Waals surface area contributed by atoms with E-state index in [4.69, 9.17) is 9.47 Å². The molecule has 2 unspecified atom stereocenters.